The van der Waals surface area contributed by atoms with Crippen molar-refractivity contribution in [3.63, 3.8) is 0 Å². The molecule has 2 bridgehead atoms. The summed E-state index contributed by atoms with van der Waals surface area (Å²) in [7, 11) is 0. The molecule has 46 heteroatoms. The Morgan fingerprint density at radius 3 is 1.65 bits per heavy atom. The smallest absolute Gasteiger partial charge is 0.317 e. The zero-order valence-electron chi connectivity index (χ0n) is 76.4. The van der Waals surface area contributed by atoms with Crippen LogP contribution in [0.5, 0.6) is 0 Å². The first-order chi connectivity index (χ1) is 64.2. The van der Waals surface area contributed by atoms with Crippen LogP contribution < -0.4 is 64.2 Å². The SMILES string of the molecule is CCCCCC(=O)N[C@H]1CSCc2cccc(c2)CSC[C@@H](C(=O)N[C@@H](CC(=O)O)C(=O)NCCCNCCOCCOCCCNC(=O)CCC(=O)N[C@@H](CCCCNC(=O)CN2CCN(CC(=O)O)CCN(CC(=O)O)CCN(CC(=O)O)CC2)C(N)=O)NC(=O)[C@H](Cc2ccccc2)NC(=O)[C@H](CCC(=O)O)NC(=O)[C@H]([C@@H](C)O)NC(=O)[C@@H]2CCCN2C(=O)[C@@H]2CCCN2C1=O. The van der Waals surface area contributed by atoms with E-state index in [4.69, 9.17) is 15.2 Å². The lowest BCUT2D eigenvalue weighted by Gasteiger charge is -2.33. The number of aliphatic hydroxyl groups excluding tert-OH is 1. The van der Waals surface area contributed by atoms with Crippen LogP contribution in [0, 0.1) is 0 Å². The third-order valence-electron chi connectivity index (χ3n) is 22.6. The van der Waals surface area contributed by atoms with E-state index in [9.17, 15) is 117 Å². The average molecular weight is 1930 g/mol. The Kier molecular flexibility index (Phi) is 51.9. The molecule has 13 amide bonds. The quantitative estimate of drug-likeness (QED) is 0.0289. The summed E-state index contributed by atoms with van der Waals surface area (Å²) in [4.78, 5) is 249. The van der Waals surface area contributed by atoms with Gasteiger partial charge in [0.15, 0.2) is 0 Å². The number of aliphatic hydroxyl groups is 1. The van der Waals surface area contributed by atoms with Gasteiger partial charge in [-0.3, -0.25) is 106 Å². The van der Waals surface area contributed by atoms with E-state index in [2.05, 4.69) is 58.5 Å². The largest absolute Gasteiger partial charge is 0.481 e. The van der Waals surface area contributed by atoms with Crippen molar-refractivity contribution in [1.29, 1.82) is 0 Å². The molecule has 0 aromatic heterocycles. The predicted molar refractivity (Wildman–Crippen MR) is 491 cm³/mol. The van der Waals surface area contributed by atoms with Crippen molar-refractivity contribution in [3.8, 4) is 0 Å². The molecule has 0 saturated carbocycles. The summed E-state index contributed by atoms with van der Waals surface area (Å²) in [5.41, 5.74) is 7.65. The first-order valence-corrected chi connectivity index (χ1v) is 48.1. The molecule has 0 unspecified atom stereocenters. The number of benzene rings is 2. The van der Waals surface area contributed by atoms with E-state index in [1.807, 2.05) is 31.2 Å². The van der Waals surface area contributed by atoms with E-state index in [1.54, 1.807) is 49.9 Å². The number of unbranched alkanes of at least 4 members (excludes halogenated alkanes) is 3. The number of rotatable bonds is 48. The highest BCUT2D eigenvalue weighted by molar-refractivity contribution is 7.98. The maximum absolute atomic E-state index is 14.9. The first-order valence-electron chi connectivity index (χ1n) is 45.8. The van der Waals surface area contributed by atoms with Crippen molar-refractivity contribution in [2.45, 2.75) is 208 Å². The van der Waals surface area contributed by atoms with Crippen LogP contribution in [-0.2, 0) is 114 Å². The van der Waals surface area contributed by atoms with Crippen molar-refractivity contribution in [2.75, 3.05) is 162 Å². The summed E-state index contributed by atoms with van der Waals surface area (Å²) in [5.74, 6) is -14.9. The number of nitrogens with one attached hydrogen (secondary N) is 11. The van der Waals surface area contributed by atoms with Crippen LogP contribution in [0.4, 0.5) is 0 Å². The molecule has 746 valence electrons. The number of hydrogen-bond donors (Lipinski definition) is 18. The Morgan fingerprint density at radius 1 is 0.493 bits per heavy atom. The average Bonchev–Trinajstić information content (AvgIpc) is 1.64. The Morgan fingerprint density at radius 2 is 1.05 bits per heavy atom. The summed E-state index contributed by atoms with van der Waals surface area (Å²) in [5, 5.41) is 89.1. The van der Waals surface area contributed by atoms with Gasteiger partial charge in [0.25, 0.3) is 0 Å². The normalized spacial score (nSPS) is 20.8. The molecule has 10 atom stereocenters. The Labute approximate surface area is 787 Å². The molecule has 2 aromatic rings. The van der Waals surface area contributed by atoms with Gasteiger partial charge in [0.05, 0.1) is 58.5 Å². The number of fused-ring (bicyclic) bond motifs is 4. The van der Waals surface area contributed by atoms with Gasteiger partial charge in [-0.25, -0.2) is 0 Å². The third kappa shape index (κ3) is 43.7. The van der Waals surface area contributed by atoms with Crippen LogP contribution in [-0.4, -0.2) is 389 Å². The van der Waals surface area contributed by atoms with Crippen LogP contribution in [0.15, 0.2) is 54.6 Å². The van der Waals surface area contributed by atoms with E-state index in [0.29, 0.717) is 69.4 Å². The minimum Gasteiger partial charge on any atom is -0.481 e. The number of amides is 13. The van der Waals surface area contributed by atoms with Crippen molar-refractivity contribution in [1.82, 2.24) is 87.9 Å². The number of carboxylic acid groups (broad SMARTS) is 5. The van der Waals surface area contributed by atoms with Crippen LogP contribution in [0.2, 0.25) is 0 Å². The number of aliphatic carboxylic acids is 5. The van der Waals surface area contributed by atoms with E-state index in [-0.39, 0.29) is 212 Å². The maximum atomic E-state index is 14.9. The number of carbonyl (C=O) groups excluding carboxylic acids is 13. The fourth-order valence-corrected chi connectivity index (χ4v) is 17.4. The predicted octanol–water partition coefficient (Wildman–Crippen LogP) is -3.25. The van der Waals surface area contributed by atoms with Gasteiger partial charge in [-0.1, -0.05) is 74.4 Å². The summed E-state index contributed by atoms with van der Waals surface area (Å²) in [6.45, 7) is 6.59. The molecular weight excluding hydrogens is 1790 g/mol. The van der Waals surface area contributed by atoms with Gasteiger partial charge >= 0.3 is 29.8 Å². The third-order valence-corrected chi connectivity index (χ3v) is 24.8. The van der Waals surface area contributed by atoms with Crippen molar-refractivity contribution < 1.29 is 126 Å². The number of hydrogen-bond acceptors (Lipinski definition) is 28. The second-order valence-electron chi connectivity index (χ2n) is 33.5. The van der Waals surface area contributed by atoms with Crippen LogP contribution in [0.1, 0.15) is 146 Å². The second kappa shape index (κ2) is 62.0. The molecule has 4 heterocycles. The van der Waals surface area contributed by atoms with E-state index >= 15 is 0 Å². The minimum atomic E-state index is -1.80. The number of carboxylic acids is 5. The van der Waals surface area contributed by atoms with Gasteiger partial charge in [-0.15, -0.1) is 0 Å². The fraction of sp³-hybridized carbons (Fsp3) is 0.659. The number of carbonyl (C=O) groups is 18. The van der Waals surface area contributed by atoms with E-state index in [0.717, 1.165) is 24.0 Å². The molecule has 19 N–H and O–H groups in total. The zero-order chi connectivity index (χ0) is 97.9. The fourth-order valence-electron chi connectivity index (χ4n) is 15.4. The topological polar surface area (TPSA) is 625 Å². The standard InChI is InChI=1S/C88H136N18O26S2/c1-3-4-6-23-71(109)95-67-57-134-55-61-19-11-18-60(47-61)54-133-56-66(99-83(125)64(48-59-16-7-5-8-17-59)97-82(124)63(24-27-74(112)113)96-86(128)79(58(2)107)100-85(127)68-21-12-33-105(68)88(130)69-22-13-34-106(69)87(67)129)84(126)98-65(49-75(114)115)81(123)93-30-14-28-90-32-44-132-46-45-131-43-15-31-91-70(108)25-26-72(110)94-62(80(89)122)20-9-10-29-92-73(111)50-101-35-37-102(51-76(116)117)39-41-104(53-78(120)121)42-40-103(38-36-101)52-77(118)119/h5,7-8,11,16-19,47,58,62-69,79,90,107H,3-4,6,9-10,12-15,20-46,48-57H2,1-2H3,(H2,89,122)(H,91,108)(H,92,111)(H,93,123)(H,94,110)(H,95,109)(H,96,128)(H,97,124)(H,98,126)(H,99,125)(H,100,127)(H,112,113)(H,114,115)(H,116,117)(H,118,119)(H,120,121)/t58-,62+,63+,64+,65+,66+,67+,68+,69+,79+/m1/s1. The first kappa shape index (κ1) is 112. The molecule has 4 aliphatic heterocycles. The van der Waals surface area contributed by atoms with Crippen molar-refractivity contribution in [2.24, 2.45) is 5.73 Å². The van der Waals surface area contributed by atoms with E-state index < -0.39 is 175 Å². The van der Waals surface area contributed by atoms with Crippen LogP contribution in [0.25, 0.3) is 0 Å². The molecule has 0 aliphatic carbocycles. The second-order valence-corrected chi connectivity index (χ2v) is 35.5. The molecule has 6 rings (SSSR count). The highest BCUT2D eigenvalue weighted by atomic mass is 32.2. The highest BCUT2D eigenvalue weighted by Gasteiger charge is 2.45. The maximum Gasteiger partial charge on any atom is 0.317 e. The molecule has 0 spiro atoms. The summed E-state index contributed by atoms with van der Waals surface area (Å²) in [6.07, 6.45) is 0.839. The summed E-state index contributed by atoms with van der Waals surface area (Å²) >= 11 is 2.55. The zero-order valence-corrected chi connectivity index (χ0v) is 78.1. The number of nitrogens with two attached hydrogens (primary N) is 1. The number of ether oxygens (including phenoxy) is 2. The van der Waals surface area contributed by atoms with Gasteiger partial charge in [-0.2, -0.15) is 23.5 Å². The van der Waals surface area contributed by atoms with Gasteiger partial charge in [0.2, 0.25) is 76.8 Å². The van der Waals surface area contributed by atoms with Gasteiger partial charge in [0.1, 0.15) is 54.4 Å². The molecule has 44 nitrogen and oxygen atoms in total. The highest BCUT2D eigenvalue weighted by Crippen LogP contribution is 2.28. The Bertz CT molecular complexity index is 4150. The summed E-state index contributed by atoms with van der Waals surface area (Å²) in [6, 6.07) is 3.10. The molecule has 134 heavy (non-hydrogen) atoms. The van der Waals surface area contributed by atoms with Crippen LogP contribution >= 0.6 is 23.5 Å². The Hall–Kier alpha value is -10.7. The molecule has 4 aliphatic rings. The van der Waals surface area contributed by atoms with Crippen molar-refractivity contribution >= 4 is 130 Å². The van der Waals surface area contributed by atoms with Gasteiger partial charge in [-0.05, 0) is 101 Å². The van der Waals surface area contributed by atoms with E-state index in [1.165, 1.54) is 40.2 Å². The minimum absolute atomic E-state index is 0.0241. The Balaban J connectivity index is 0.968. The number of primary amides is 1. The lowest BCUT2D eigenvalue weighted by atomic mass is 10.0. The molecule has 3 fully saturated rings. The van der Waals surface area contributed by atoms with Gasteiger partial charge < -0.3 is 114 Å². The lowest BCUT2D eigenvalue weighted by Crippen LogP contribution is -2.62. The molecule has 3 saturated heterocycles. The molecule has 2 aromatic carbocycles. The molecule has 0 radical (unpaired) electrons. The molecular formula is C88H136N18O26S2. The van der Waals surface area contributed by atoms with Crippen molar-refractivity contribution in [3.05, 3.63) is 71.3 Å². The monoisotopic (exact) mass is 1920 g/mol. The van der Waals surface area contributed by atoms with Crippen LogP contribution in [0.3, 0.4) is 0 Å². The lowest BCUT2D eigenvalue weighted by molar-refractivity contribution is -0.148. The summed E-state index contributed by atoms with van der Waals surface area (Å²) < 4.78 is 11.3. The number of nitrogens with zero attached hydrogens (tertiary/aromatic N) is 6. The number of thioether (sulfide) groups is 2. The van der Waals surface area contributed by atoms with Gasteiger partial charge in [0, 0.05) is 153 Å².